The quantitative estimate of drug-likeness (QED) is 0.586. The van der Waals surface area contributed by atoms with E-state index in [2.05, 4.69) is 13.6 Å². The summed E-state index contributed by atoms with van der Waals surface area (Å²) in [4.78, 5) is 9.74. The van der Waals surface area contributed by atoms with Crippen molar-refractivity contribution in [3.8, 4) is 0 Å². The molecule has 0 unspecified atom stereocenters. The minimum atomic E-state index is -0.657. The molecule has 0 saturated carbocycles. The minimum absolute atomic E-state index is 0.395. The average molecular weight is 172 g/mol. The summed E-state index contributed by atoms with van der Waals surface area (Å²) in [6.07, 6.45) is 3.96. The zero-order valence-corrected chi connectivity index (χ0v) is 6.48. The molecule has 0 N–H and O–H groups in total. The normalized spacial score (nSPS) is 13.6. The molecule has 0 aliphatic carbocycles. The number of rotatable bonds is 0. The molecular weight excluding hydrogens is 164 g/mol. The summed E-state index contributed by atoms with van der Waals surface area (Å²) in [5.41, 5.74) is 0. The maximum absolute atomic E-state index is 9.74. The zero-order chi connectivity index (χ0) is 8.81. The van der Waals surface area contributed by atoms with Crippen LogP contribution >= 0.6 is 0 Å². The van der Waals surface area contributed by atoms with E-state index >= 15 is 0 Å². The Morgan fingerprint density at radius 1 is 1.33 bits per heavy atom. The molecule has 12 heavy (non-hydrogen) atoms. The van der Waals surface area contributed by atoms with E-state index in [1.54, 1.807) is 6.26 Å². The fourth-order valence-corrected chi connectivity index (χ4v) is 0.507. The largest absolute Gasteiger partial charge is 0.518 e. The van der Waals surface area contributed by atoms with Crippen LogP contribution in [0, 0.1) is 0 Å². The van der Waals surface area contributed by atoms with Gasteiger partial charge in [-0.2, -0.15) is 0 Å². The summed E-state index contributed by atoms with van der Waals surface area (Å²) >= 11 is 0. The van der Waals surface area contributed by atoms with Crippen molar-refractivity contribution in [3.63, 3.8) is 0 Å². The standard InChI is InChI=1S/C4H6O2.C3H2O3/c1-4-2-5-3-6-4;4-3-5-1-2-6-3/h2H,3H2,1H3;1-2H. The summed E-state index contributed by atoms with van der Waals surface area (Å²) in [7, 11) is 0. The molecule has 0 amide bonds. The highest BCUT2D eigenvalue weighted by Crippen LogP contribution is 2.02. The lowest BCUT2D eigenvalue weighted by molar-refractivity contribution is 0.0813. The van der Waals surface area contributed by atoms with Crippen molar-refractivity contribution in [2.45, 2.75) is 6.92 Å². The van der Waals surface area contributed by atoms with Gasteiger partial charge in [-0.05, 0) is 6.92 Å². The number of allylic oxidation sites excluding steroid dienone is 1. The maximum atomic E-state index is 9.74. The molecule has 66 valence electrons. The Morgan fingerprint density at radius 3 is 2.17 bits per heavy atom. The average Bonchev–Trinajstić information content (AvgIpc) is 2.63. The monoisotopic (exact) mass is 172 g/mol. The molecule has 0 saturated heterocycles. The van der Waals surface area contributed by atoms with E-state index in [9.17, 15) is 4.79 Å². The van der Waals surface area contributed by atoms with E-state index in [1.807, 2.05) is 6.92 Å². The summed E-state index contributed by atoms with van der Waals surface area (Å²) in [5.74, 6) is 0.199. The molecule has 1 aliphatic rings. The van der Waals surface area contributed by atoms with Crippen molar-refractivity contribution in [2.24, 2.45) is 0 Å². The SMILES string of the molecule is CC1=COCO1.O=c1occo1. The van der Waals surface area contributed by atoms with Gasteiger partial charge in [-0.1, -0.05) is 0 Å². The van der Waals surface area contributed by atoms with E-state index in [-0.39, 0.29) is 0 Å². The Hall–Kier alpha value is -1.65. The summed E-state index contributed by atoms with van der Waals surface area (Å²) in [6, 6.07) is 0. The van der Waals surface area contributed by atoms with Crippen LogP contribution in [0.15, 0.2) is 38.2 Å². The molecule has 0 fully saturated rings. The molecule has 0 aromatic carbocycles. The molecular formula is C7H8O5. The fourth-order valence-electron chi connectivity index (χ4n) is 0.507. The van der Waals surface area contributed by atoms with Crippen molar-refractivity contribution in [3.05, 3.63) is 35.2 Å². The third-order valence-electron chi connectivity index (χ3n) is 0.988. The topological polar surface area (TPSA) is 61.8 Å². The van der Waals surface area contributed by atoms with Crippen LogP contribution in [0.2, 0.25) is 0 Å². The van der Waals surface area contributed by atoms with Crippen LogP contribution in [0.3, 0.4) is 0 Å². The van der Waals surface area contributed by atoms with Gasteiger partial charge in [0.1, 0.15) is 24.5 Å². The number of hydrogen-bond donors (Lipinski definition) is 0. The summed E-state index contributed by atoms with van der Waals surface area (Å²) in [5, 5.41) is 0. The second-order valence-corrected chi connectivity index (χ2v) is 1.92. The first-order chi connectivity index (χ1) is 5.79. The van der Waals surface area contributed by atoms with Gasteiger partial charge >= 0.3 is 5.82 Å². The van der Waals surface area contributed by atoms with Crippen molar-refractivity contribution in [1.29, 1.82) is 0 Å². The van der Waals surface area contributed by atoms with E-state index in [0.29, 0.717) is 6.79 Å². The summed E-state index contributed by atoms with van der Waals surface area (Å²) in [6.45, 7) is 2.25. The maximum Gasteiger partial charge on any atom is 0.518 e. The molecule has 0 radical (unpaired) electrons. The molecule has 0 spiro atoms. The third kappa shape index (κ3) is 2.96. The van der Waals surface area contributed by atoms with E-state index in [4.69, 9.17) is 4.74 Å². The van der Waals surface area contributed by atoms with Gasteiger partial charge in [-0.15, -0.1) is 0 Å². The van der Waals surface area contributed by atoms with Gasteiger partial charge < -0.3 is 18.3 Å². The molecule has 5 heteroatoms. The predicted molar refractivity (Wildman–Crippen MR) is 38.0 cm³/mol. The Kier molecular flexibility index (Phi) is 3.01. The van der Waals surface area contributed by atoms with Gasteiger partial charge in [0.25, 0.3) is 0 Å². The van der Waals surface area contributed by atoms with E-state index in [0.717, 1.165) is 5.76 Å². The first-order valence-electron chi connectivity index (χ1n) is 3.22. The van der Waals surface area contributed by atoms with Gasteiger partial charge in [0.05, 0.1) is 0 Å². The van der Waals surface area contributed by atoms with Crippen molar-refractivity contribution < 1.29 is 18.3 Å². The first-order valence-corrected chi connectivity index (χ1v) is 3.22. The molecule has 2 heterocycles. The van der Waals surface area contributed by atoms with Crippen LogP contribution in [-0.4, -0.2) is 6.79 Å². The van der Waals surface area contributed by atoms with Crippen LogP contribution in [0.25, 0.3) is 0 Å². The lowest BCUT2D eigenvalue weighted by Gasteiger charge is -1.87. The van der Waals surface area contributed by atoms with Crippen LogP contribution < -0.4 is 5.82 Å². The summed E-state index contributed by atoms with van der Waals surface area (Å²) < 4.78 is 17.7. The minimum Gasteiger partial charge on any atom is -0.462 e. The molecule has 0 atom stereocenters. The van der Waals surface area contributed by atoms with Gasteiger partial charge in [0, 0.05) is 0 Å². The Balaban J connectivity index is 0.000000120. The number of hydrogen-bond acceptors (Lipinski definition) is 5. The van der Waals surface area contributed by atoms with Crippen molar-refractivity contribution in [1.82, 2.24) is 0 Å². The molecule has 1 aromatic rings. The molecule has 1 aromatic heterocycles. The predicted octanol–water partition coefficient (Wildman–Crippen LogP) is 1.08. The van der Waals surface area contributed by atoms with Crippen LogP contribution in [0.1, 0.15) is 6.92 Å². The Morgan fingerprint density at radius 2 is 2.00 bits per heavy atom. The van der Waals surface area contributed by atoms with Crippen molar-refractivity contribution in [2.75, 3.05) is 6.79 Å². The fraction of sp³-hybridized carbons (Fsp3) is 0.286. The highest BCUT2D eigenvalue weighted by molar-refractivity contribution is 4.83. The highest BCUT2D eigenvalue weighted by Gasteiger charge is 1.94. The van der Waals surface area contributed by atoms with Gasteiger partial charge in [-0.25, -0.2) is 4.79 Å². The molecule has 5 nitrogen and oxygen atoms in total. The molecule has 0 bridgehead atoms. The van der Waals surface area contributed by atoms with E-state index in [1.165, 1.54) is 12.5 Å². The van der Waals surface area contributed by atoms with Crippen LogP contribution in [-0.2, 0) is 9.47 Å². The van der Waals surface area contributed by atoms with Gasteiger partial charge in [0.2, 0.25) is 6.79 Å². The molecule has 1 aliphatic heterocycles. The van der Waals surface area contributed by atoms with Crippen molar-refractivity contribution >= 4 is 0 Å². The van der Waals surface area contributed by atoms with E-state index < -0.39 is 5.82 Å². The van der Waals surface area contributed by atoms with Gasteiger partial charge in [-0.3, -0.25) is 0 Å². The van der Waals surface area contributed by atoms with Gasteiger partial charge in [0.15, 0.2) is 0 Å². The first kappa shape index (κ1) is 8.45. The lowest BCUT2D eigenvalue weighted by Crippen LogP contribution is -1.83. The third-order valence-corrected chi connectivity index (χ3v) is 0.988. The highest BCUT2D eigenvalue weighted by atomic mass is 16.7. The van der Waals surface area contributed by atoms with Crippen LogP contribution in [0.4, 0.5) is 0 Å². The lowest BCUT2D eigenvalue weighted by atomic mass is 10.7. The number of ether oxygens (including phenoxy) is 2. The second-order valence-electron chi connectivity index (χ2n) is 1.92. The Bertz CT molecular complexity index is 278. The Labute approximate surface area is 68.2 Å². The smallest absolute Gasteiger partial charge is 0.462 e. The second kappa shape index (κ2) is 4.27. The molecule has 2 rings (SSSR count). The van der Waals surface area contributed by atoms with Crippen LogP contribution in [0.5, 0.6) is 0 Å². The zero-order valence-electron chi connectivity index (χ0n) is 6.48.